The van der Waals surface area contributed by atoms with Gasteiger partial charge in [0, 0.05) is 33.6 Å². The van der Waals surface area contributed by atoms with Gasteiger partial charge in [-0.05, 0) is 19.3 Å². The molecule has 1 rings (SSSR count). The van der Waals surface area contributed by atoms with Gasteiger partial charge in [-0.1, -0.05) is 14.9 Å². The van der Waals surface area contributed by atoms with E-state index < -0.39 is 12.1 Å². The predicted octanol–water partition coefficient (Wildman–Crippen LogP) is 3.18. The summed E-state index contributed by atoms with van der Waals surface area (Å²) in [5, 5.41) is 0. The number of carbonyl (C=O) groups is 3. The quantitative estimate of drug-likeness (QED) is 0.587. The van der Waals surface area contributed by atoms with E-state index in [1.807, 2.05) is 0 Å². The molecule has 1 saturated carbocycles. The van der Waals surface area contributed by atoms with Gasteiger partial charge in [-0.25, -0.2) is 0 Å². The normalized spacial score (nSPS) is 22.0. The lowest BCUT2D eigenvalue weighted by atomic mass is 9.94. The van der Waals surface area contributed by atoms with E-state index in [9.17, 15) is 14.4 Å². The van der Waals surface area contributed by atoms with Gasteiger partial charge in [-0.15, -0.1) is 0 Å². The fourth-order valence-corrected chi connectivity index (χ4v) is 2.34. The fraction of sp³-hybridized carbons (Fsp3) is 0.750. The van der Waals surface area contributed by atoms with E-state index in [0.717, 1.165) is 6.42 Å². The highest BCUT2D eigenvalue weighted by molar-refractivity contribution is 5.67. The molecule has 2 atom stereocenters. The van der Waals surface area contributed by atoms with Gasteiger partial charge in [0.2, 0.25) is 0 Å². The van der Waals surface area contributed by atoms with Gasteiger partial charge in [0.25, 0.3) is 0 Å². The molecule has 0 amide bonds. The lowest BCUT2D eigenvalue weighted by molar-refractivity contribution is -0.154. The number of rotatable bonds is 3. The predicted molar refractivity (Wildman–Crippen MR) is 82.7 cm³/mol. The zero-order valence-electron chi connectivity index (χ0n) is 12.1. The molecule has 6 nitrogen and oxygen atoms in total. The van der Waals surface area contributed by atoms with E-state index in [4.69, 9.17) is 14.2 Å². The molecule has 1 aliphatic carbocycles. The Balaban J connectivity index is 0. The van der Waals surface area contributed by atoms with Gasteiger partial charge in [0.1, 0.15) is 12.2 Å². The van der Waals surface area contributed by atoms with Gasteiger partial charge in [0.05, 0.1) is 0 Å². The third-order valence-corrected chi connectivity index (χ3v) is 2.92. The molecule has 0 saturated heterocycles. The first kappa shape index (κ1) is 22.7. The molecule has 0 aromatic carbocycles. The summed E-state index contributed by atoms with van der Waals surface area (Å²) >= 11 is 0. The molecule has 0 spiro atoms. The smallest absolute Gasteiger partial charge is 0.303 e. The Kier molecular flexibility index (Phi) is 11.4. The van der Waals surface area contributed by atoms with Crippen LogP contribution < -0.4 is 0 Å². The van der Waals surface area contributed by atoms with Crippen LogP contribution in [0.25, 0.3) is 0 Å². The zero-order valence-corrected chi connectivity index (χ0v) is 12.1. The van der Waals surface area contributed by atoms with Crippen molar-refractivity contribution in [1.82, 2.24) is 0 Å². The number of carbonyl (C=O) groups excluding carboxylic acids is 3. The Morgan fingerprint density at radius 2 is 1.45 bits per heavy atom. The molecule has 0 aliphatic heterocycles. The highest BCUT2D eigenvalue weighted by atomic mass is 16.6. The summed E-state index contributed by atoms with van der Waals surface area (Å²) in [5.41, 5.74) is 0. The molecule has 2 unspecified atom stereocenters. The third-order valence-electron chi connectivity index (χ3n) is 2.92. The van der Waals surface area contributed by atoms with Gasteiger partial charge in [-0.2, -0.15) is 0 Å². The molecule has 0 bridgehead atoms. The van der Waals surface area contributed by atoms with Crippen LogP contribution in [-0.4, -0.2) is 30.1 Å². The van der Waals surface area contributed by atoms with Crippen LogP contribution in [-0.2, 0) is 28.6 Å². The van der Waals surface area contributed by atoms with Crippen molar-refractivity contribution in [3.05, 3.63) is 6.10 Å². The fourth-order valence-electron chi connectivity index (χ4n) is 2.34. The van der Waals surface area contributed by atoms with Gasteiger partial charge in [-0.3, -0.25) is 14.4 Å². The summed E-state index contributed by atoms with van der Waals surface area (Å²) in [5.74, 6) is -1.13. The molecule has 129 valence electrons. The highest BCUT2D eigenvalue weighted by Crippen LogP contribution is 2.28. The van der Waals surface area contributed by atoms with Crippen LogP contribution in [0.1, 0.15) is 67.7 Å². The first-order valence-electron chi connectivity index (χ1n) is 6.74. The van der Waals surface area contributed by atoms with Crippen LogP contribution in [0.4, 0.5) is 0 Å². The van der Waals surface area contributed by atoms with Crippen LogP contribution in [0.5, 0.6) is 0 Å². The zero-order chi connectivity index (χ0) is 15.1. The number of ether oxygens (including phenoxy) is 3. The van der Waals surface area contributed by atoms with Crippen molar-refractivity contribution < 1.29 is 28.6 Å². The van der Waals surface area contributed by atoms with Gasteiger partial charge < -0.3 is 14.2 Å². The van der Waals surface area contributed by atoms with E-state index in [-0.39, 0.29) is 32.9 Å². The molecule has 1 aliphatic rings. The Hall–Kier alpha value is -1.59. The van der Waals surface area contributed by atoms with E-state index in [2.05, 4.69) is 0 Å². The summed E-state index contributed by atoms with van der Waals surface area (Å²) < 4.78 is 15.5. The van der Waals surface area contributed by atoms with Crippen molar-refractivity contribution in [3.8, 4) is 0 Å². The first-order chi connectivity index (χ1) is 9.36. The summed E-state index contributed by atoms with van der Waals surface area (Å²) in [6.45, 7) is 4.02. The lowest BCUT2D eigenvalue weighted by Crippen LogP contribution is -2.30. The molecular weight excluding hydrogens is 288 g/mol. The largest absolute Gasteiger partial charge is 0.462 e. The topological polar surface area (TPSA) is 78.9 Å². The molecule has 6 heteroatoms. The molecule has 1 fully saturated rings. The Bertz CT molecular complexity index is 340. The van der Waals surface area contributed by atoms with E-state index >= 15 is 0 Å². The Morgan fingerprint density at radius 1 is 0.909 bits per heavy atom. The molecule has 0 N–H and O–H groups in total. The maximum atomic E-state index is 11.1. The summed E-state index contributed by atoms with van der Waals surface area (Å²) in [7, 11) is 0. The van der Waals surface area contributed by atoms with Gasteiger partial charge >= 0.3 is 17.9 Å². The molecule has 0 aromatic heterocycles. The molecule has 0 aromatic rings. The third kappa shape index (κ3) is 9.37. The summed E-state index contributed by atoms with van der Waals surface area (Å²) in [6, 6.07) is 0. The van der Waals surface area contributed by atoms with Crippen LogP contribution >= 0.6 is 0 Å². The van der Waals surface area contributed by atoms with Crippen LogP contribution in [0.3, 0.4) is 0 Å². The van der Waals surface area contributed by atoms with E-state index in [0.29, 0.717) is 31.8 Å². The number of hydrogen-bond donors (Lipinski definition) is 0. The second-order valence-corrected chi connectivity index (χ2v) is 4.93. The van der Waals surface area contributed by atoms with Crippen molar-refractivity contribution in [2.24, 2.45) is 0 Å². The van der Waals surface area contributed by atoms with E-state index in [1.165, 1.54) is 20.8 Å². The average Bonchev–Trinajstić information content (AvgIpc) is 2.23. The molecule has 0 heterocycles. The van der Waals surface area contributed by atoms with E-state index in [1.54, 1.807) is 0 Å². The number of hydrogen-bond acceptors (Lipinski definition) is 6. The Morgan fingerprint density at radius 3 is 1.95 bits per heavy atom. The Labute approximate surface area is 133 Å². The van der Waals surface area contributed by atoms with Crippen LogP contribution in [0, 0.1) is 6.10 Å². The minimum atomic E-state index is -0.438. The lowest BCUT2D eigenvalue weighted by Gasteiger charge is -2.28. The molecule has 1 radical (unpaired) electrons. The van der Waals surface area contributed by atoms with Crippen molar-refractivity contribution in [3.63, 3.8) is 0 Å². The van der Waals surface area contributed by atoms with Crippen molar-refractivity contribution >= 4 is 17.9 Å². The summed E-state index contributed by atoms with van der Waals surface area (Å²) in [4.78, 5) is 33.2. The second-order valence-electron chi connectivity index (χ2n) is 4.93. The van der Waals surface area contributed by atoms with Gasteiger partial charge in [0.15, 0.2) is 6.10 Å². The molecular formula is C16H29O6. The molecule has 22 heavy (non-hydrogen) atoms. The van der Waals surface area contributed by atoms with Crippen molar-refractivity contribution in [2.75, 3.05) is 0 Å². The maximum Gasteiger partial charge on any atom is 0.303 e. The summed E-state index contributed by atoms with van der Waals surface area (Å²) in [6.07, 6.45) is 2.69. The average molecular weight is 317 g/mol. The minimum Gasteiger partial charge on any atom is -0.462 e. The van der Waals surface area contributed by atoms with Crippen molar-refractivity contribution in [2.45, 2.75) is 79.9 Å². The van der Waals surface area contributed by atoms with Crippen LogP contribution in [0.15, 0.2) is 0 Å². The monoisotopic (exact) mass is 317 g/mol. The first-order valence-corrected chi connectivity index (χ1v) is 6.74. The maximum absolute atomic E-state index is 11.1. The van der Waals surface area contributed by atoms with Crippen LogP contribution in [0.2, 0.25) is 0 Å². The standard InChI is InChI=1S/C14H21O6.2CH4/c1-9(15)18-12-5-4-6-13(19-10(2)16)8-14(7-12)20-11(3)17;;/h12,14H,4-8H2,1-3H3;2*1H4. The second kappa shape index (κ2) is 11.0. The SMILES string of the molecule is C.C.CC(=O)O[C]1CCCC(OC(C)=O)CC(OC(C)=O)C1. The van der Waals surface area contributed by atoms with Crippen molar-refractivity contribution in [1.29, 1.82) is 0 Å². The number of esters is 3. The minimum absolute atomic E-state index is 0. The highest BCUT2D eigenvalue weighted by Gasteiger charge is 2.29.